The van der Waals surface area contributed by atoms with Crippen molar-refractivity contribution in [1.29, 1.82) is 0 Å². The van der Waals surface area contributed by atoms with E-state index in [0.29, 0.717) is 17.9 Å². The molecular weight excluding hydrogens is 470 g/mol. The van der Waals surface area contributed by atoms with Crippen LogP contribution in [0.15, 0.2) is 82.0 Å². The smallest absolute Gasteiger partial charge is 0.338 e. The van der Waals surface area contributed by atoms with Gasteiger partial charge in [0.1, 0.15) is 0 Å². The molecule has 7 heteroatoms. The summed E-state index contributed by atoms with van der Waals surface area (Å²) in [5, 5.41) is 5.84. The zero-order valence-electron chi connectivity index (χ0n) is 21.4. The van der Waals surface area contributed by atoms with Crippen LogP contribution in [0.1, 0.15) is 75.2 Å². The van der Waals surface area contributed by atoms with Gasteiger partial charge in [0, 0.05) is 5.70 Å². The monoisotopic (exact) mass is 503 g/mol. The average molecular weight is 504 g/mol. The number of hydrogen-bond acceptors (Lipinski definition) is 6. The van der Waals surface area contributed by atoms with Crippen molar-refractivity contribution in [3.8, 4) is 0 Å². The number of aliphatic imine (C=N–C) groups is 1. The maximum Gasteiger partial charge on any atom is 0.338 e. The summed E-state index contributed by atoms with van der Waals surface area (Å²) in [6, 6.07) is 17.7. The number of nitrogens with one attached hydrogen (secondary N) is 1. The number of carbonyl (C=O) groups excluding carboxylic acids is 2. The second kappa shape index (κ2) is 11.2. The Morgan fingerprint density at radius 2 is 1.75 bits per heavy atom. The number of amidine groups is 1. The molecule has 2 aliphatic heterocycles. The summed E-state index contributed by atoms with van der Waals surface area (Å²) >= 11 is 1.49. The molecule has 1 amide bonds. The van der Waals surface area contributed by atoms with Crippen molar-refractivity contribution in [3.63, 3.8) is 0 Å². The van der Waals surface area contributed by atoms with Crippen LogP contribution in [-0.2, 0) is 14.3 Å². The molecule has 36 heavy (non-hydrogen) atoms. The van der Waals surface area contributed by atoms with Crippen LogP contribution >= 0.6 is 11.8 Å². The fraction of sp³-hybridized carbons (Fsp3) is 0.345. The highest BCUT2D eigenvalue weighted by Gasteiger charge is 2.41. The fourth-order valence-electron chi connectivity index (χ4n) is 4.57. The lowest BCUT2D eigenvalue weighted by atomic mass is 9.91. The maximum absolute atomic E-state index is 13.1. The Labute approximate surface area is 217 Å². The molecule has 2 atom stereocenters. The van der Waals surface area contributed by atoms with Gasteiger partial charge in [0.25, 0.3) is 0 Å². The molecule has 188 valence electrons. The van der Waals surface area contributed by atoms with Crippen molar-refractivity contribution in [2.75, 3.05) is 7.11 Å². The topological polar surface area (TPSA) is 71.0 Å². The van der Waals surface area contributed by atoms with E-state index in [9.17, 15) is 9.59 Å². The Morgan fingerprint density at radius 1 is 1.06 bits per heavy atom. The van der Waals surface area contributed by atoms with Crippen molar-refractivity contribution in [1.82, 2.24) is 10.2 Å². The minimum absolute atomic E-state index is 0.0850. The summed E-state index contributed by atoms with van der Waals surface area (Å²) in [6.45, 7) is 8.28. The second-order valence-corrected chi connectivity index (χ2v) is 10.1. The van der Waals surface area contributed by atoms with Crippen LogP contribution in [0.4, 0.5) is 0 Å². The molecule has 6 nitrogen and oxygen atoms in total. The molecule has 0 aliphatic carbocycles. The molecule has 0 bridgehead atoms. The lowest BCUT2D eigenvalue weighted by molar-refractivity contribution is -0.136. The van der Waals surface area contributed by atoms with Gasteiger partial charge in [-0.25, -0.2) is 9.79 Å². The summed E-state index contributed by atoms with van der Waals surface area (Å²) < 4.78 is 5.20. The number of nitrogens with zero attached hydrogens (tertiary/aromatic N) is 2. The number of methoxy groups -OCH3 is 1. The highest BCUT2D eigenvalue weighted by atomic mass is 32.2. The molecule has 1 N–H and O–H groups in total. The molecule has 0 aromatic heterocycles. The normalized spacial score (nSPS) is 17.9. The first-order valence-corrected chi connectivity index (χ1v) is 13.2. The number of carbonyl (C=O) groups is 2. The van der Waals surface area contributed by atoms with E-state index in [1.165, 1.54) is 24.4 Å². The Hall–Kier alpha value is -3.32. The minimum atomic E-state index is -0.415. The highest BCUT2D eigenvalue weighted by molar-refractivity contribution is 8.16. The van der Waals surface area contributed by atoms with E-state index >= 15 is 0 Å². The van der Waals surface area contributed by atoms with Crippen LogP contribution in [0.5, 0.6) is 0 Å². The molecule has 2 aromatic rings. The highest BCUT2D eigenvalue weighted by Crippen LogP contribution is 2.45. The lowest BCUT2D eigenvalue weighted by Gasteiger charge is -2.36. The van der Waals surface area contributed by atoms with Gasteiger partial charge < -0.3 is 15.0 Å². The van der Waals surface area contributed by atoms with Crippen LogP contribution in [0, 0.1) is 0 Å². The summed E-state index contributed by atoms with van der Waals surface area (Å²) in [7, 11) is 1.40. The SMILES string of the molecule is CCC1=C(C(=O)OC)[C@@H](c2ccc(C(C)C)cc2)N2C(CC(=O)N[C@@H](C)c3ccccc3)=CSC2=N1. The van der Waals surface area contributed by atoms with E-state index in [4.69, 9.17) is 9.73 Å². The molecule has 2 heterocycles. The van der Waals surface area contributed by atoms with E-state index in [-0.39, 0.29) is 18.4 Å². The van der Waals surface area contributed by atoms with Gasteiger partial charge in [-0.1, -0.05) is 87.1 Å². The number of allylic oxidation sites excluding steroid dienone is 1. The van der Waals surface area contributed by atoms with Gasteiger partial charge in [-0.15, -0.1) is 0 Å². The first-order valence-electron chi connectivity index (χ1n) is 12.3. The molecule has 0 spiro atoms. The first-order chi connectivity index (χ1) is 17.3. The maximum atomic E-state index is 13.1. The third kappa shape index (κ3) is 5.26. The van der Waals surface area contributed by atoms with E-state index in [2.05, 4.69) is 43.4 Å². The van der Waals surface area contributed by atoms with Gasteiger partial charge in [0.2, 0.25) is 5.91 Å². The number of amides is 1. The molecular formula is C29H33N3O3S. The van der Waals surface area contributed by atoms with Crippen molar-refractivity contribution < 1.29 is 14.3 Å². The van der Waals surface area contributed by atoms with Crippen LogP contribution in [0.3, 0.4) is 0 Å². The van der Waals surface area contributed by atoms with Crippen LogP contribution in [0.2, 0.25) is 0 Å². The zero-order chi connectivity index (χ0) is 25.8. The number of esters is 1. The Kier molecular flexibility index (Phi) is 7.99. The van der Waals surface area contributed by atoms with Crippen molar-refractivity contribution in [2.24, 2.45) is 4.99 Å². The number of thioether (sulfide) groups is 1. The number of hydrogen-bond donors (Lipinski definition) is 1. The van der Waals surface area contributed by atoms with Gasteiger partial charge in [-0.3, -0.25) is 4.79 Å². The van der Waals surface area contributed by atoms with E-state index in [1.807, 2.05) is 54.5 Å². The Balaban J connectivity index is 1.65. The van der Waals surface area contributed by atoms with E-state index in [1.54, 1.807) is 0 Å². The average Bonchev–Trinajstić information content (AvgIpc) is 3.29. The third-order valence-corrected chi connectivity index (χ3v) is 7.46. The molecule has 0 fully saturated rings. The number of fused-ring (bicyclic) bond motifs is 1. The molecule has 0 saturated heterocycles. The number of benzene rings is 2. The van der Waals surface area contributed by atoms with Crippen LogP contribution in [0.25, 0.3) is 0 Å². The Morgan fingerprint density at radius 3 is 2.36 bits per heavy atom. The van der Waals surface area contributed by atoms with Crippen molar-refractivity contribution >= 4 is 28.8 Å². The molecule has 2 aliphatic rings. The third-order valence-electron chi connectivity index (χ3n) is 6.57. The molecule has 0 radical (unpaired) electrons. The van der Waals surface area contributed by atoms with Gasteiger partial charge in [0.05, 0.1) is 36.9 Å². The number of rotatable bonds is 8. The van der Waals surface area contributed by atoms with Crippen molar-refractivity contribution in [3.05, 3.63) is 93.7 Å². The van der Waals surface area contributed by atoms with E-state index < -0.39 is 12.0 Å². The predicted molar refractivity (Wildman–Crippen MR) is 145 cm³/mol. The molecule has 0 unspecified atom stereocenters. The van der Waals surface area contributed by atoms with Crippen molar-refractivity contribution in [2.45, 2.75) is 58.5 Å². The summed E-state index contributed by atoms with van der Waals surface area (Å²) in [6.07, 6.45) is 0.785. The summed E-state index contributed by atoms with van der Waals surface area (Å²) in [4.78, 5) is 32.9. The van der Waals surface area contributed by atoms with Crippen LogP contribution in [-0.4, -0.2) is 29.1 Å². The van der Waals surface area contributed by atoms with Gasteiger partial charge in [-0.2, -0.15) is 0 Å². The largest absolute Gasteiger partial charge is 0.466 e. The molecule has 2 aromatic carbocycles. The minimum Gasteiger partial charge on any atom is -0.466 e. The molecule has 4 rings (SSSR count). The lowest BCUT2D eigenvalue weighted by Crippen LogP contribution is -2.38. The Bertz CT molecular complexity index is 1220. The predicted octanol–water partition coefficient (Wildman–Crippen LogP) is 6.22. The zero-order valence-corrected chi connectivity index (χ0v) is 22.3. The first kappa shape index (κ1) is 25.8. The summed E-state index contributed by atoms with van der Waals surface area (Å²) in [5.41, 5.74) is 5.29. The van der Waals surface area contributed by atoms with Crippen LogP contribution < -0.4 is 5.32 Å². The second-order valence-electron chi connectivity index (χ2n) is 9.30. The van der Waals surface area contributed by atoms with Gasteiger partial charge in [-0.05, 0) is 41.4 Å². The summed E-state index contributed by atoms with van der Waals surface area (Å²) in [5.74, 6) is -0.0818. The standard InChI is InChI=1S/C29H33N3O3S/c1-6-24-26(28(34)35-5)27(22-14-12-20(13-15-22)18(2)3)32-23(17-36-29(32)31-24)16-25(33)30-19(4)21-10-8-7-9-11-21/h7-15,17-19,27H,6,16H2,1-5H3,(H,30,33)/t19-,27+/m0/s1. The molecule has 0 saturated carbocycles. The van der Waals surface area contributed by atoms with E-state index in [0.717, 1.165) is 27.7 Å². The number of ether oxygens (including phenoxy) is 1. The quantitative estimate of drug-likeness (QED) is 0.433. The van der Waals surface area contributed by atoms with Gasteiger partial charge >= 0.3 is 5.97 Å². The van der Waals surface area contributed by atoms with Gasteiger partial charge in [0.15, 0.2) is 5.17 Å². The fourth-order valence-corrected chi connectivity index (χ4v) is 5.51.